The summed E-state index contributed by atoms with van der Waals surface area (Å²) in [6, 6.07) is 12.8. The topological polar surface area (TPSA) is 83.0 Å². The first kappa shape index (κ1) is 17.4. The summed E-state index contributed by atoms with van der Waals surface area (Å²) in [5.74, 6) is 0.907. The van der Waals surface area contributed by atoms with Crippen LogP contribution in [0.15, 0.2) is 40.9 Å². The summed E-state index contributed by atoms with van der Waals surface area (Å²) in [5, 5.41) is 13.1. The fourth-order valence-corrected chi connectivity index (χ4v) is 4.16. The Morgan fingerprint density at radius 1 is 1.33 bits per heavy atom. The van der Waals surface area contributed by atoms with Crippen LogP contribution in [0, 0.1) is 18.3 Å². The number of aryl methyl sites for hydroxylation is 1. The van der Waals surface area contributed by atoms with Gasteiger partial charge < -0.3 is 9.42 Å². The molecule has 4 rings (SSSR count). The van der Waals surface area contributed by atoms with E-state index in [1.54, 1.807) is 18.2 Å². The summed E-state index contributed by atoms with van der Waals surface area (Å²) < 4.78 is 5.52. The highest BCUT2D eigenvalue weighted by molar-refractivity contribution is 7.13. The number of amides is 1. The van der Waals surface area contributed by atoms with E-state index in [1.165, 1.54) is 11.3 Å². The van der Waals surface area contributed by atoms with Gasteiger partial charge in [0.2, 0.25) is 11.7 Å². The molecule has 27 heavy (non-hydrogen) atoms. The van der Waals surface area contributed by atoms with E-state index in [2.05, 4.69) is 16.2 Å². The van der Waals surface area contributed by atoms with Crippen molar-refractivity contribution in [3.63, 3.8) is 0 Å². The van der Waals surface area contributed by atoms with Gasteiger partial charge in [-0.2, -0.15) is 10.2 Å². The highest BCUT2D eigenvalue weighted by atomic mass is 32.1. The molecule has 3 heterocycles. The molecule has 0 aliphatic carbocycles. The monoisotopic (exact) mass is 378 g/mol. The molecule has 0 saturated carbocycles. The lowest BCUT2D eigenvalue weighted by atomic mass is 10.0. The first-order valence-corrected chi connectivity index (χ1v) is 9.69. The van der Waals surface area contributed by atoms with Crippen molar-refractivity contribution < 1.29 is 9.32 Å². The standard InChI is InChI=1S/C20H18N4O2S/c1-13-8-9-17(27-13)20(25)24-10-3-2-7-16(24)19-22-18(23-26-19)15-6-4-5-14(11-15)12-21/h4-6,8-9,11,16H,2-3,7,10H2,1H3. The fourth-order valence-electron chi connectivity index (χ4n) is 3.34. The predicted molar refractivity (Wildman–Crippen MR) is 101 cm³/mol. The van der Waals surface area contributed by atoms with E-state index in [1.807, 2.05) is 30.0 Å². The van der Waals surface area contributed by atoms with Crippen molar-refractivity contribution in [2.75, 3.05) is 6.54 Å². The van der Waals surface area contributed by atoms with Crippen LogP contribution in [0.4, 0.5) is 0 Å². The number of carbonyl (C=O) groups excluding carboxylic acids is 1. The Hall–Kier alpha value is -2.98. The number of likely N-dealkylation sites (tertiary alicyclic amines) is 1. The second-order valence-corrected chi connectivity index (χ2v) is 7.86. The molecule has 1 saturated heterocycles. The van der Waals surface area contributed by atoms with E-state index in [9.17, 15) is 4.79 Å². The molecule has 1 atom stereocenters. The van der Waals surface area contributed by atoms with Gasteiger partial charge in [-0.15, -0.1) is 11.3 Å². The number of carbonyl (C=O) groups is 1. The average molecular weight is 378 g/mol. The minimum absolute atomic E-state index is 0.0176. The molecule has 1 aliphatic rings. The lowest BCUT2D eigenvalue weighted by Crippen LogP contribution is -2.38. The fraction of sp³-hybridized carbons (Fsp3) is 0.300. The maximum atomic E-state index is 13.0. The number of rotatable bonds is 3. The molecule has 1 fully saturated rings. The molecular weight excluding hydrogens is 360 g/mol. The second-order valence-electron chi connectivity index (χ2n) is 6.57. The Labute approximate surface area is 161 Å². The van der Waals surface area contributed by atoms with E-state index in [4.69, 9.17) is 9.78 Å². The van der Waals surface area contributed by atoms with Crippen LogP contribution in [0.5, 0.6) is 0 Å². The van der Waals surface area contributed by atoms with E-state index in [0.717, 1.165) is 34.6 Å². The molecule has 0 radical (unpaired) electrons. The molecule has 1 aliphatic heterocycles. The molecule has 1 unspecified atom stereocenters. The second kappa shape index (κ2) is 7.33. The molecule has 6 nitrogen and oxygen atoms in total. The van der Waals surface area contributed by atoms with Crippen LogP contribution < -0.4 is 0 Å². The summed E-state index contributed by atoms with van der Waals surface area (Å²) in [6.45, 7) is 2.68. The first-order chi connectivity index (χ1) is 13.2. The van der Waals surface area contributed by atoms with E-state index in [0.29, 0.717) is 23.8 Å². The lowest BCUT2D eigenvalue weighted by Gasteiger charge is -2.33. The zero-order valence-corrected chi connectivity index (χ0v) is 15.7. The van der Waals surface area contributed by atoms with Crippen molar-refractivity contribution in [2.24, 2.45) is 0 Å². The molecule has 1 aromatic carbocycles. The van der Waals surface area contributed by atoms with Crippen LogP contribution in [0.1, 0.15) is 51.3 Å². The molecular formula is C20H18N4O2S. The third-order valence-corrected chi connectivity index (χ3v) is 5.68. The number of hydrogen-bond acceptors (Lipinski definition) is 6. The average Bonchev–Trinajstić information content (AvgIpc) is 3.37. The van der Waals surface area contributed by atoms with Gasteiger partial charge in [-0.05, 0) is 50.5 Å². The molecule has 3 aromatic rings. The zero-order valence-electron chi connectivity index (χ0n) is 14.9. The lowest BCUT2D eigenvalue weighted by molar-refractivity contribution is 0.0566. The Morgan fingerprint density at radius 2 is 2.22 bits per heavy atom. The number of thiophene rings is 1. The number of nitriles is 1. The Kier molecular flexibility index (Phi) is 4.73. The van der Waals surface area contributed by atoms with Gasteiger partial charge in [0.15, 0.2) is 0 Å². The minimum atomic E-state index is -0.214. The first-order valence-electron chi connectivity index (χ1n) is 8.87. The van der Waals surface area contributed by atoms with Crippen LogP contribution in [-0.2, 0) is 0 Å². The molecule has 0 spiro atoms. The maximum Gasteiger partial charge on any atom is 0.264 e. The van der Waals surface area contributed by atoms with Gasteiger partial charge in [0.1, 0.15) is 6.04 Å². The van der Waals surface area contributed by atoms with Crippen molar-refractivity contribution >= 4 is 17.2 Å². The van der Waals surface area contributed by atoms with Crippen molar-refractivity contribution in [3.8, 4) is 17.5 Å². The van der Waals surface area contributed by atoms with Crippen LogP contribution in [-0.4, -0.2) is 27.5 Å². The SMILES string of the molecule is Cc1ccc(C(=O)N2CCCCC2c2nc(-c3cccc(C#N)c3)no2)s1. The third kappa shape index (κ3) is 3.49. The van der Waals surface area contributed by atoms with Crippen LogP contribution in [0.25, 0.3) is 11.4 Å². The number of piperidine rings is 1. The van der Waals surface area contributed by atoms with Crippen molar-refractivity contribution in [1.82, 2.24) is 15.0 Å². The van der Waals surface area contributed by atoms with Gasteiger partial charge >= 0.3 is 0 Å². The third-order valence-electron chi connectivity index (χ3n) is 4.69. The normalized spacial score (nSPS) is 16.9. The van der Waals surface area contributed by atoms with E-state index in [-0.39, 0.29) is 11.9 Å². The maximum absolute atomic E-state index is 13.0. The van der Waals surface area contributed by atoms with Crippen molar-refractivity contribution in [1.29, 1.82) is 5.26 Å². The quantitative estimate of drug-likeness (QED) is 0.677. The zero-order chi connectivity index (χ0) is 18.8. The van der Waals surface area contributed by atoms with Crippen molar-refractivity contribution in [3.05, 3.63) is 57.6 Å². The van der Waals surface area contributed by atoms with Gasteiger partial charge in [0.05, 0.1) is 16.5 Å². The Morgan fingerprint density at radius 3 is 3.00 bits per heavy atom. The summed E-state index contributed by atoms with van der Waals surface area (Å²) in [5.41, 5.74) is 1.27. The summed E-state index contributed by atoms with van der Waals surface area (Å²) in [7, 11) is 0. The smallest absolute Gasteiger partial charge is 0.264 e. The highest BCUT2D eigenvalue weighted by Gasteiger charge is 2.33. The molecule has 1 amide bonds. The minimum Gasteiger partial charge on any atom is -0.337 e. The molecule has 7 heteroatoms. The number of aromatic nitrogens is 2. The van der Waals surface area contributed by atoms with Gasteiger partial charge in [0.25, 0.3) is 5.91 Å². The molecule has 0 bridgehead atoms. The van der Waals surface area contributed by atoms with Crippen LogP contribution in [0.3, 0.4) is 0 Å². The van der Waals surface area contributed by atoms with E-state index >= 15 is 0 Å². The summed E-state index contributed by atoms with van der Waals surface area (Å²) in [6.07, 6.45) is 2.79. The van der Waals surface area contributed by atoms with Crippen LogP contribution in [0.2, 0.25) is 0 Å². The number of nitrogens with zero attached hydrogens (tertiary/aromatic N) is 4. The van der Waals surface area contributed by atoms with E-state index < -0.39 is 0 Å². The van der Waals surface area contributed by atoms with Gasteiger partial charge in [-0.3, -0.25) is 4.79 Å². The number of hydrogen-bond donors (Lipinski definition) is 0. The largest absolute Gasteiger partial charge is 0.337 e. The highest BCUT2D eigenvalue weighted by Crippen LogP contribution is 2.33. The molecule has 136 valence electrons. The number of benzene rings is 1. The van der Waals surface area contributed by atoms with Gasteiger partial charge in [0, 0.05) is 17.0 Å². The molecule has 2 aromatic heterocycles. The van der Waals surface area contributed by atoms with Crippen LogP contribution >= 0.6 is 11.3 Å². The summed E-state index contributed by atoms with van der Waals surface area (Å²) >= 11 is 1.50. The Balaban J connectivity index is 1.62. The Bertz CT molecular complexity index is 1020. The van der Waals surface area contributed by atoms with Gasteiger partial charge in [-0.25, -0.2) is 0 Å². The van der Waals surface area contributed by atoms with Crippen molar-refractivity contribution in [2.45, 2.75) is 32.2 Å². The van der Waals surface area contributed by atoms with Gasteiger partial charge in [-0.1, -0.05) is 17.3 Å². The summed E-state index contributed by atoms with van der Waals surface area (Å²) in [4.78, 5) is 21.2. The predicted octanol–water partition coefficient (Wildman–Crippen LogP) is 4.35. The molecule has 0 N–H and O–H groups in total.